The fourth-order valence-corrected chi connectivity index (χ4v) is 3.43. The summed E-state index contributed by atoms with van der Waals surface area (Å²) in [4.78, 5) is 27.4. The van der Waals surface area contributed by atoms with E-state index in [9.17, 15) is 9.59 Å². The first-order valence-electron chi connectivity index (χ1n) is 9.18. The van der Waals surface area contributed by atoms with E-state index < -0.39 is 0 Å². The molecule has 0 saturated carbocycles. The summed E-state index contributed by atoms with van der Waals surface area (Å²) in [5.41, 5.74) is 3.87. The van der Waals surface area contributed by atoms with Crippen LogP contribution in [0.25, 0.3) is 5.69 Å². The molecule has 0 bridgehead atoms. The number of aryl methyl sites for hydroxylation is 1. The van der Waals surface area contributed by atoms with Gasteiger partial charge in [0.1, 0.15) is 0 Å². The van der Waals surface area contributed by atoms with Crippen LogP contribution in [-0.4, -0.2) is 34.2 Å². The van der Waals surface area contributed by atoms with Crippen molar-refractivity contribution < 1.29 is 9.53 Å². The largest absolute Gasteiger partial charge is 0.494 e. The van der Waals surface area contributed by atoms with E-state index in [1.165, 1.54) is 23.4 Å². The summed E-state index contributed by atoms with van der Waals surface area (Å²) in [5.74, 6) is -0.0514. The predicted molar refractivity (Wildman–Crippen MR) is 106 cm³/mol. The lowest BCUT2D eigenvalue weighted by Crippen LogP contribution is -2.37. The standard InChI is InChI=1S/C22H21N3O3/c1-15-7-9-18(10-8-15)25-20(26)13-19(28-2)21(23-25)22(27)24-12-11-16-5-3-4-6-17(16)14-24/h3-10,13H,11-12,14H2,1-2H3. The van der Waals surface area contributed by atoms with Crippen molar-refractivity contribution in [1.29, 1.82) is 0 Å². The Morgan fingerprint density at radius 2 is 1.79 bits per heavy atom. The predicted octanol–water partition coefficient (Wildman–Crippen LogP) is 2.75. The van der Waals surface area contributed by atoms with Crippen molar-refractivity contribution in [3.8, 4) is 11.4 Å². The highest BCUT2D eigenvalue weighted by molar-refractivity contribution is 5.95. The van der Waals surface area contributed by atoms with Gasteiger partial charge in [0.2, 0.25) is 0 Å². The molecule has 1 aliphatic heterocycles. The van der Waals surface area contributed by atoms with Crippen molar-refractivity contribution >= 4 is 5.91 Å². The molecule has 2 heterocycles. The van der Waals surface area contributed by atoms with E-state index in [0.29, 0.717) is 18.8 Å². The molecule has 0 unspecified atom stereocenters. The molecule has 142 valence electrons. The second-order valence-corrected chi connectivity index (χ2v) is 6.89. The molecule has 2 aromatic carbocycles. The summed E-state index contributed by atoms with van der Waals surface area (Å²) >= 11 is 0. The third-order valence-electron chi connectivity index (χ3n) is 5.02. The Hall–Kier alpha value is -3.41. The number of carbonyl (C=O) groups excluding carboxylic acids is 1. The molecular weight excluding hydrogens is 354 g/mol. The zero-order valence-corrected chi connectivity index (χ0v) is 15.9. The number of methoxy groups -OCH3 is 1. The van der Waals surface area contributed by atoms with Gasteiger partial charge >= 0.3 is 0 Å². The first kappa shape index (κ1) is 18.0. The Labute approximate surface area is 163 Å². The van der Waals surface area contributed by atoms with Crippen molar-refractivity contribution in [3.63, 3.8) is 0 Å². The molecule has 28 heavy (non-hydrogen) atoms. The maximum atomic E-state index is 13.2. The lowest BCUT2D eigenvalue weighted by molar-refractivity contribution is 0.0722. The molecule has 6 nitrogen and oxygen atoms in total. The molecule has 1 aromatic heterocycles. The van der Waals surface area contributed by atoms with Gasteiger partial charge in [-0.05, 0) is 36.6 Å². The van der Waals surface area contributed by atoms with Crippen LogP contribution in [0.5, 0.6) is 5.75 Å². The van der Waals surface area contributed by atoms with Crippen LogP contribution >= 0.6 is 0 Å². The Morgan fingerprint density at radius 1 is 1.07 bits per heavy atom. The number of benzene rings is 2. The highest BCUT2D eigenvalue weighted by atomic mass is 16.5. The molecule has 0 N–H and O–H groups in total. The van der Waals surface area contributed by atoms with Crippen LogP contribution in [0.4, 0.5) is 0 Å². The van der Waals surface area contributed by atoms with Gasteiger partial charge in [-0.1, -0.05) is 42.0 Å². The average Bonchev–Trinajstić information content (AvgIpc) is 2.73. The zero-order valence-electron chi connectivity index (χ0n) is 15.9. The van der Waals surface area contributed by atoms with E-state index in [0.717, 1.165) is 17.5 Å². The van der Waals surface area contributed by atoms with Gasteiger partial charge in [0.25, 0.3) is 11.5 Å². The maximum Gasteiger partial charge on any atom is 0.278 e. The summed E-state index contributed by atoms with van der Waals surface area (Å²) in [6, 6.07) is 16.8. The van der Waals surface area contributed by atoms with Crippen LogP contribution in [0.1, 0.15) is 27.2 Å². The SMILES string of the molecule is COc1cc(=O)n(-c2ccc(C)cc2)nc1C(=O)N1CCc2ccccc2C1. The van der Waals surface area contributed by atoms with Gasteiger partial charge in [-0.25, -0.2) is 0 Å². The lowest BCUT2D eigenvalue weighted by Gasteiger charge is -2.29. The molecule has 4 rings (SSSR count). The van der Waals surface area contributed by atoms with Crippen molar-refractivity contribution in [2.75, 3.05) is 13.7 Å². The second kappa shape index (κ2) is 7.31. The smallest absolute Gasteiger partial charge is 0.278 e. The van der Waals surface area contributed by atoms with Gasteiger partial charge in [-0.3, -0.25) is 9.59 Å². The lowest BCUT2D eigenvalue weighted by atomic mass is 10.00. The average molecular weight is 375 g/mol. The topological polar surface area (TPSA) is 64.4 Å². The van der Waals surface area contributed by atoms with Gasteiger partial charge in [0.05, 0.1) is 18.9 Å². The minimum atomic E-state index is -0.346. The van der Waals surface area contributed by atoms with Gasteiger partial charge < -0.3 is 9.64 Å². The molecule has 6 heteroatoms. The first-order chi connectivity index (χ1) is 13.6. The summed E-state index contributed by atoms with van der Waals surface area (Å²) in [5, 5.41) is 4.36. The number of amides is 1. The van der Waals surface area contributed by atoms with Gasteiger partial charge in [0, 0.05) is 13.1 Å². The number of hydrogen-bond donors (Lipinski definition) is 0. The van der Waals surface area contributed by atoms with Crippen molar-refractivity contribution in [1.82, 2.24) is 14.7 Å². The third-order valence-corrected chi connectivity index (χ3v) is 5.02. The Bertz CT molecular complexity index is 1090. The van der Waals surface area contributed by atoms with Gasteiger partial charge in [-0.15, -0.1) is 0 Å². The minimum Gasteiger partial charge on any atom is -0.494 e. The molecular formula is C22H21N3O3. The highest BCUT2D eigenvalue weighted by Crippen LogP contribution is 2.23. The van der Waals surface area contributed by atoms with E-state index in [1.807, 2.05) is 49.4 Å². The van der Waals surface area contributed by atoms with Crippen LogP contribution in [-0.2, 0) is 13.0 Å². The molecule has 3 aromatic rings. The first-order valence-corrected chi connectivity index (χ1v) is 9.18. The summed E-state index contributed by atoms with van der Waals surface area (Å²) in [6.07, 6.45) is 0.793. The van der Waals surface area contributed by atoms with Crippen molar-refractivity contribution in [2.45, 2.75) is 19.9 Å². The maximum absolute atomic E-state index is 13.2. The van der Waals surface area contributed by atoms with Gasteiger partial charge in [-0.2, -0.15) is 9.78 Å². The van der Waals surface area contributed by atoms with Gasteiger partial charge in [0.15, 0.2) is 11.4 Å². The van der Waals surface area contributed by atoms with Crippen molar-refractivity contribution in [2.24, 2.45) is 0 Å². The number of rotatable bonds is 3. The van der Waals surface area contributed by atoms with Crippen LogP contribution in [0.3, 0.4) is 0 Å². The fraction of sp³-hybridized carbons (Fsp3) is 0.227. The normalized spacial score (nSPS) is 13.1. The summed E-state index contributed by atoms with van der Waals surface area (Å²) in [6.45, 7) is 3.09. The Morgan fingerprint density at radius 3 is 2.50 bits per heavy atom. The Balaban J connectivity index is 1.72. The molecule has 1 amide bonds. The van der Waals surface area contributed by atoms with E-state index in [1.54, 1.807) is 4.90 Å². The third kappa shape index (κ3) is 3.29. The number of ether oxygens (including phenoxy) is 1. The molecule has 0 aliphatic carbocycles. The minimum absolute atomic E-state index is 0.141. The molecule has 0 saturated heterocycles. The number of carbonyl (C=O) groups is 1. The number of nitrogens with zero attached hydrogens (tertiary/aromatic N) is 3. The van der Waals surface area contributed by atoms with Crippen LogP contribution < -0.4 is 10.3 Å². The van der Waals surface area contributed by atoms with E-state index in [-0.39, 0.29) is 22.9 Å². The number of hydrogen-bond acceptors (Lipinski definition) is 4. The van der Waals surface area contributed by atoms with E-state index >= 15 is 0 Å². The fourth-order valence-electron chi connectivity index (χ4n) is 3.43. The molecule has 0 fully saturated rings. The molecule has 0 radical (unpaired) electrons. The Kier molecular flexibility index (Phi) is 4.69. The quantitative estimate of drug-likeness (QED) is 0.706. The highest BCUT2D eigenvalue weighted by Gasteiger charge is 2.26. The molecule has 1 aliphatic rings. The van der Waals surface area contributed by atoms with Crippen molar-refractivity contribution in [3.05, 3.63) is 87.3 Å². The monoisotopic (exact) mass is 375 g/mol. The zero-order chi connectivity index (χ0) is 19.7. The number of aromatic nitrogens is 2. The molecule has 0 atom stereocenters. The molecule has 0 spiro atoms. The van der Waals surface area contributed by atoms with E-state index in [2.05, 4.69) is 11.2 Å². The van der Waals surface area contributed by atoms with Crippen LogP contribution in [0, 0.1) is 6.92 Å². The summed E-state index contributed by atoms with van der Waals surface area (Å²) < 4.78 is 6.54. The second-order valence-electron chi connectivity index (χ2n) is 6.89. The number of fused-ring (bicyclic) bond motifs is 1. The van der Waals surface area contributed by atoms with Crippen LogP contribution in [0.2, 0.25) is 0 Å². The van der Waals surface area contributed by atoms with E-state index in [4.69, 9.17) is 4.74 Å². The summed E-state index contributed by atoms with van der Waals surface area (Å²) in [7, 11) is 1.44. The van der Waals surface area contributed by atoms with Crippen LogP contribution in [0.15, 0.2) is 59.4 Å².